The quantitative estimate of drug-likeness (QED) is 0.474. The first kappa shape index (κ1) is 15.4. The molecule has 1 aromatic rings. The molecule has 0 radical (unpaired) electrons. The number of nitrogens with one attached hydrogen (secondary N) is 1. The molecule has 1 fully saturated rings. The van der Waals surface area contributed by atoms with Crippen LogP contribution in [0, 0.1) is 5.92 Å². The van der Waals surface area contributed by atoms with E-state index in [-0.39, 0.29) is 23.3 Å². The Morgan fingerprint density at radius 2 is 2.00 bits per heavy atom. The third kappa shape index (κ3) is 3.20. The summed E-state index contributed by atoms with van der Waals surface area (Å²) in [6, 6.07) is 6.46. The lowest BCUT2D eigenvalue weighted by Gasteiger charge is -2.30. The monoisotopic (exact) mass is 361 g/mol. The Morgan fingerprint density at radius 1 is 1.35 bits per heavy atom. The number of piperidine rings is 1. The number of hydrogen-bond acceptors (Lipinski definition) is 4. The molecule has 110 valence electrons. The van der Waals surface area contributed by atoms with Gasteiger partial charge in [0.15, 0.2) is 0 Å². The molecule has 1 heterocycles. The number of hydrogen-bond donors (Lipinski definition) is 2. The summed E-state index contributed by atoms with van der Waals surface area (Å²) in [5.74, 6) is 4.40. The second kappa shape index (κ2) is 6.21. The third-order valence-electron chi connectivity index (χ3n) is 3.35. The molecule has 1 aliphatic heterocycles. The molecule has 0 bridgehead atoms. The molecular formula is C12H16BrN3O3S. The molecule has 0 saturated carbocycles. The summed E-state index contributed by atoms with van der Waals surface area (Å²) in [5, 5.41) is 0. The average molecular weight is 362 g/mol. The van der Waals surface area contributed by atoms with Gasteiger partial charge in [0.25, 0.3) is 0 Å². The Kier molecular flexibility index (Phi) is 4.79. The van der Waals surface area contributed by atoms with Crippen molar-refractivity contribution in [2.75, 3.05) is 13.1 Å². The number of sulfonamides is 1. The molecule has 1 aromatic carbocycles. The first-order valence-electron chi connectivity index (χ1n) is 6.21. The zero-order valence-electron chi connectivity index (χ0n) is 10.8. The fourth-order valence-corrected chi connectivity index (χ4v) is 4.04. The summed E-state index contributed by atoms with van der Waals surface area (Å²) in [6.45, 7) is 0.591. The second-order valence-electron chi connectivity index (χ2n) is 4.66. The van der Waals surface area contributed by atoms with Crippen LogP contribution in [-0.4, -0.2) is 31.7 Å². The predicted octanol–water partition coefficient (Wildman–Crippen LogP) is 0.840. The van der Waals surface area contributed by atoms with Crippen molar-refractivity contribution in [3.05, 3.63) is 28.7 Å². The maximum absolute atomic E-state index is 12.5. The molecule has 3 N–H and O–H groups in total. The lowest BCUT2D eigenvalue weighted by Crippen LogP contribution is -2.46. The van der Waals surface area contributed by atoms with Gasteiger partial charge in [-0.15, -0.1) is 0 Å². The number of halogens is 1. The van der Waals surface area contributed by atoms with Crippen LogP contribution in [0.4, 0.5) is 0 Å². The number of hydrazine groups is 1. The van der Waals surface area contributed by atoms with Crippen molar-refractivity contribution in [1.82, 2.24) is 9.73 Å². The normalized spacial score (nSPS) is 20.6. The minimum Gasteiger partial charge on any atom is -0.294 e. The van der Waals surface area contributed by atoms with E-state index in [4.69, 9.17) is 5.84 Å². The summed E-state index contributed by atoms with van der Waals surface area (Å²) in [5.41, 5.74) is 2.09. The maximum atomic E-state index is 12.5. The summed E-state index contributed by atoms with van der Waals surface area (Å²) >= 11 is 3.27. The summed E-state index contributed by atoms with van der Waals surface area (Å²) in [6.07, 6.45) is 1.29. The van der Waals surface area contributed by atoms with Crippen molar-refractivity contribution in [3.8, 4) is 0 Å². The predicted molar refractivity (Wildman–Crippen MR) is 78.0 cm³/mol. The lowest BCUT2D eigenvalue weighted by molar-refractivity contribution is -0.126. The van der Waals surface area contributed by atoms with Gasteiger partial charge in [-0.05, 0) is 37.1 Å². The summed E-state index contributed by atoms with van der Waals surface area (Å²) in [7, 11) is -3.56. The fraction of sp³-hybridized carbons (Fsp3) is 0.417. The van der Waals surface area contributed by atoms with Crippen molar-refractivity contribution in [3.63, 3.8) is 0 Å². The molecule has 20 heavy (non-hydrogen) atoms. The van der Waals surface area contributed by atoms with E-state index in [1.807, 2.05) is 0 Å². The molecule has 0 aliphatic carbocycles. The zero-order valence-corrected chi connectivity index (χ0v) is 13.2. The van der Waals surface area contributed by atoms with Crippen LogP contribution < -0.4 is 11.3 Å². The Balaban J connectivity index is 2.21. The van der Waals surface area contributed by atoms with E-state index in [9.17, 15) is 13.2 Å². The number of rotatable bonds is 3. The van der Waals surface area contributed by atoms with E-state index < -0.39 is 10.0 Å². The van der Waals surface area contributed by atoms with Crippen molar-refractivity contribution in [2.24, 2.45) is 11.8 Å². The largest absolute Gasteiger partial charge is 0.294 e. The minimum absolute atomic E-state index is 0.168. The Morgan fingerprint density at radius 3 is 2.60 bits per heavy atom. The zero-order chi connectivity index (χ0) is 14.8. The van der Waals surface area contributed by atoms with Crippen LogP contribution in [0.3, 0.4) is 0 Å². The van der Waals surface area contributed by atoms with Crippen LogP contribution in [0.15, 0.2) is 33.6 Å². The van der Waals surface area contributed by atoms with Crippen molar-refractivity contribution < 1.29 is 13.2 Å². The number of amides is 1. The number of nitrogens with zero attached hydrogens (tertiary/aromatic N) is 1. The van der Waals surface area contributed by atoms with E-state index in [2.05, 4.69) is 21.4 Å². The molecule has 1 atom stereocenters. The molecule has 1 saturated heterocycles. The van der Waals surface area contributed by atoms with E-state index >= 15 is 0 Å². The van der Waals surface area contributed by atoms with Crippen LogP contribution in [0.25, 0.3) is 0 Å². The van der Waals surface area contributed by atoms with Gasteiger partial charge in [0.05, 0.1) is 10.8 Å². The highest BCUT2D eigenvalue weighted by Gasteiger charge is 2.32. The van der Waals surface area contributed by atoms with E-state index in [1.54, 1.807) is 24.3 Å². The van der Waals surface area contributed by atoms with Gasteiger partial charge in [0.2, 0.25) is 15.9 Å². The topological polar surface area (TPSA) is 92.5 Å². The molecule has 0 unspecified atom stereocenters. The SMILES string of the molecule is NNC(=O)[C@H]1CCCN(S(=O)(=O)c2ccc(Br)cc2)C1. The van der Waals surface area contributed by atoms with Gasteiger partial charge in [-0.2, -0.15) is 4.31 Å². The van der Waals surface area contributed by atoms with Crippen molar-refractivity contribution in [1.29, 1.82) is 0 Å². The number of carbonyl (C=O) groups excluding carboxylic acids is 1. The van der Waals surface area contributed by atoms with E-state index in [0.29, 0.717) is 19.4 Å². The van der Waals surface area contributed by atoms with Gasteiger partial charge in [-0.3, -0.25) is 10.2 Å². The standard InChI is InChI=1S/C12H16BrN3O3S/c13-10-3-5-11(6-4-10)20(18,19)16-7-1-2-9(8-16)12(17)15-14/h3-6,9H,1-2,7-8,14H2,(H,15,17)/t9-/m0/s1. The Bertz CT molecular complexity index is 588. The lowest BCUT2D eigenvalue weighted by atomic mass is 9.99. The van der Waals surface area contributed by atoms with E-state index in [0.717, 1.165) is 4.47 Å². The molecule has 6 nitrogen and oxygen atoms in total. The molecule has 0 aromatic heterocycles. The van der Waals surface area contributed by atoms with Gasteiger partial charge >= 0.3 is 0 Å². The average Bonchev–Trinajstić information content (AvgIpc) is 2.47. The molecule has 1 amide bonds. The summed E-state index contributed by atoms with van der Waals surface area (Å²) in [4.78, 5) is 11.8. The Hall–Kier alpha value is -0.960. The Labute approximate surface area is 126 Å². The minimum atomic E-state index is -3.56. The molecule has 1 aliphatic rings. The third-order valence-corrected chi connectivity index (χ3v) is 5.76. The van der Waals surface area contributed by atoms with Gasteiger partial charge in [0, 0.05) is 17.6 Å². The van der Waals surface area contributed by atoms with Crippen LogP contribution in [0.2, 0.25) is 0 Å². The van der Waals surface area contributed by atoms with Crippen LogP contribution in [0.1, 0.15) is 12.8 Å². The van der Waals surface area contributed by atoms with Crippen LogP contribution in [-0.2, 0) is 14.8 Å². The maximum Gasteiger partial charge on any atom is 0.243 e. The van der Waals surface area contributed by atoms with E-state index in [1.165, 1.54) is 4.31 Å². The van der Waals surface area contributed by atoms with Gasteiger partial charge in [-0.25, -0.2) is 14.3 Å². The van der Waals surface area contributed by atoms with Gasteiger partial charge in [-0.1, -0.05) is 15.9 Å². The highest BCUT2D eigenvalue weighted by atomic mass is 79.9. The van der Waals surface area contributed by atoms with Crippen molar-refractivity contribution >= 4 is 31.9 Å². The van der Waals surface area contributed by atoms with Crippen LogP contribution >= 0.6 is 15.9 Å². The first-order chi connectivity index (χ1) is 9.45. The molecular weight excluding hydrogens is 346 g/mol. The molecule has 2 rings (SSSR count). The number of nitrogens with two attached hydrogens (primary N) is 1. The highest BCUT2D eigenvalue weighted by molar-refractivity contribution is 9.10. The molecule has 0 spiro atoms. The smallest absolute Gasteiger partial charge is 0.243 e. The summed E-state index contributed by atoms with van der Waals surface area (Å²) < 4.78 is 27.2. The van der Waals surface area contributed by atoms with Gasteiger partial charge < -0.3 is 0 Å². The highest BCUT2D eigenvalue weighted by Crippen LogP contribution is 2.24. The number of benzene rings is 1. The number of carbonyl (C=O) groups is 1. The fourth-order valence-electron chi connectivity index (χ4n) is 2.25. The van der Waals surface area contributed by atoms with Gasteiger partial charge in [0.1, 0.15) is 0 Å². The second-order valence-corrected chi connectivity index (χ2v) is 7.52. The first-order valence-corrected chi connectivity index (χ1v) is 8.44. The molecule has 8 heteroatoms. The van der Waals surface area contributed by atoms with Crippen molar-refractivity contribution in [2.45, 2.75) is 17.7 Å². The van der Waals surface area contributed by atoms with Crippen LogP contribution in [0.5, 0.6) is 0 Å².